The third-order valence-electron chi connectivity index (χ3n) is 5.75. The van der Waals surface area contributed by atoms with E-state index in [2.05, 4.69) is 12.2 Å². The number of nitrogens with zero attached hydrogens (tertiary/aromatic N) is 1. The quantitative estimate of drug-likeness (QED) is 0.294. The van der Waals surface area contributed by atoms with Crippen molar-refractivity contribution in [2.75, 3.05) is 6.54 Å². The molecule has 6 nitrogen and oxygen atoms in total. The van der Waals surface area contributed by atoms with Crippen LogP contribution in [0.2, 0.25) is 0 Å². The van der Waals surface area contributed by atoms with Gasteiger partial charge < -0.3 is 10.1 Å². The van der Waals surface area contributed by atoms with Crippen LogP contribution in [0.3, 0.4) is 0 Å². The maximum atomic E-state index is 12.3. The van der Waals surface area contributed by atoms with E-state index in [0.717, 1.165) is 32.2 Å². The first-order valence-corrected chi connectivity index (χ1v) is 10.2. The minimum Gasteiger partial charge on any atom is -0.462 e. The second-order valence-corrected chi connectivity index (χ2v) is 7.72. The standard InChI is InChI=1S/C19H34N2O4/c1-2-3-4-5-14-20-16-8-12-18(13-9-16)25-19(22)15-6-10-17(11-7-15)21(23)24/h15-18,20H,2-14H2,1H3. The fourth-order valence-corrected chi connectivity index (χ4v) is 4.03. The Balaban J connectivity index is 1.58. The molecule has 0 saturated heterocycles. The van der Waals surface area contributed by atoms with Gasteiger partial charge in [-0.05, 0) is 51.5 Å². The highest BCUT2D eigenvalue weighted by Crippen LogP contribution is 2.29. The lowest BCUT2D eigenvalue weighted by Crippen LogP contribution is -2.37. The Bertz CT molecular complexity index is 414. The molecule has 0 aromatic rings. The zero-order valence-electron chi connectivity index (χ0n) is 15.6. The monoisotopic (exact) mass is 354 g/mol. The van der Waals surface area contributed by atoms with Crippen molar-refractivity contribution in [3.05, 3.63) is 10.1 Å². The molecule has 2 saturated carbocycles. The molecule has 0 aliphatic heterocycles. The Hall–Kier alpha value is -1.17. The van der Waals surface area contributed by atoms with Crippen LogP contribution < -0.4 is 5.32 Å². The Morgan fingerprint density at radius 1 is 1.04 bits per heavy atom. The molecular weight excluding hydrogens is 320 g/mol. The van der Waals surface area contributed by atoms with Crippen molar-refractivity contribution in [1.82, 2.24) is 5.32 Å². The molecule has 2 aliphatic carbocycles. The zero-order chi connectivity index (χ0) is 18.1. The van der Waals surface area contributed by atoms with Gasteiger partial charge in [0.2, 0.25) is 6.04 Å². The van der Waals surface area contributed by atoms with Crippen molar-refractivity contribution in [2.45, 2.75) is 102 Å². The Morgan fingerprint density at radius 2 is 1.72 bits per heavy atom. The summed E-state index contributed by atoms with van der Waals surface area (Å²) in [5, 5.41) is 14.4. The molecule has 2 rings (SSSR count). The number of hydrogen-bond acceptors (Lipinski definition) is 5. The Morgan fingerprint density at radius 3 is 2.32 bits per heavy atom. The molecule has 0 aromatic carbocycles. The summed E-state index contributed by atoms with van der Waals surface area (Å²) in [6.45, 7) is 3.32. The Labute approximate surface area is 151 Å². The van der Waals surface area contributed by atoms with E-state index >= 15 is 0 Å². The molecule has 0 spiro atoms. The third-order valence-corrected chi connectivity index (χ3v) is 5.75. The lowest BCUT2D eigenvalue weighted by Gasteiger charge is -2.31. The maximum absolute atomic E-state index is 12.3. The number of carbonyl (C=O) groups is 1. The molecule has 0 aromatic heterocycles. The van der Waals surface area contributed by atoms with Gasteiger partial charge in [-0.15, -0.1) is 0 Å². The average Bonchev–Trinajstić information content (AvgIpc) is 2.63. The molecule has 0 radical (unpaired) electrons. The van der Waals surface area contributed by atoms with E-state index in [1.54, 1.807) is 0 Å². The molecule has 0 bridgehead atoms. The molecule has 25 heavy (non-hydrogen) atoms. The van der Waals surface area contributed by atoms with Gasteiger partial charge >= 0.3 is 5.97 Å². The van der Waals surface area contributed by atoms with Crippen LogP contribution in [0.4, 0.5) is 0 Å². The van der Waals surface area contributed by atoms with Gasteiger partial charge in [0.05, 0.1) is 5.92 Å². The molecule has 0 atom stereocenters. The number of nitro groups is 1. The first-order chi connectivity index (χ1) is 12.1. The van der Waals surface area contributed by atoms with E-state index in [4.69, 9.17) is 4.74 Å². The van der Waals surface area contributed by atoms with Crippen LogP contribution in [0.1, 0.15) is 84.0 Å². The van der Waals surface area contributed by atoms with Crippen molar-refractivity contribution in [3.63, 3.8) is 0 Å². The number of nitrogens with one attached hydrogen (secondary N) is 1. The molecule has 6 heteroatoms. The molecule has 1 N–H and O–H groups in total. The predicted molar refractivity (Wildman–Crippen MR) is 97.0 cm³/mol. The topological polar surface area (TPSA) is 81.5 Å². The number of esters is 1. The van der Waals surface area contributed by atoms with E-state index in [0.29, 0.717) is 31.7 Å². The average molecular weight is 354 g/mol. The summed E-state index contributed by atoms with van der Waals surface area (Å²) < 4.78 is 5.70. The second kappa shape index (κ2) is 10.7. The number of ether oxygens (including phenoxy) is 1. The van der Waals surface area contributed by atoms with Crippen molar-refractivity contribution in [1.29, 1.82) is 0 Å². The lowest BCUT2D eigenvalue weighted by molar-refractivity contribution is -0.526. The fourth-order valence-electron chi connectivity index (χ4n) is 4.03. The minimum absolute atomic E-state index is 0.0406. The molecule has 0 heterocycles. The van der Waals surface area contributed by atoms with Crippen molar-refractivity contribution in [3.8, 4) is 0 Å². The maximum Gasteiger partial charge on any atom is 0.309 e. The van der Waals surface area contributed by atoms with Crippen LogP contribution in [0.25, 0.3) is 0 Å². The summed E-state index contributed by atoms with van der Waals surface area (Å²) in [5.41, 5.74) is 0. The van der Waals surface area contributed by atoms with Gasteiger partial charge in [-0.3, -0.25) is 14.9 Å². The number of carbonyl (C=O) groups excluding carboxylic acids is 1. The first kappa shape index (κ1) is 20.1. The second-order valence-electron chi connectivity index (χ2n) is 7.72. The highest BCUT2D eigenvalue weighted by Gasteiger charge is 2.34. The van der Waals surface area contributed by atoms with Crippen LogP contribution in [0.5, 0.6) is 0 Å². The van der Waals surface area contributed by atoms with E-state index in [1.165, 1.54) is 25.7 Å². The number of rotatable bonds is 9. The van der Waals surface area contributed by atoms with E-state index in [-0.39, 0.29) is 22.9 Å². The van der Waals surface area contributed by atoms with Gasteiger partial charge in [0.15, 0.2) is 0 Å². The number of unbranched alkanes of at least 4 members (excludes halogenated alkanes) is 3. The highest BCUT2D eigenvalue weighted by atomic mass is 16.6. The summed E-state index contributed by atoms with van der Waals surface area (Å²) >= 11 is 0. The van der Waals surface area contributed by atoms with Crippen molar-refractivity contribution >= 4 is 5.97 Å². The molecular formula is C19H34N2O4. The molecule has 0 amide bonds. The van der Waals surface area contributed by atoms with Crippen LogP contribution in [0.15, 0.2) is 0 Å². The summed E-state index contributed by atoms with van der Waals surface area (Å²) in [6, 6.07) is 0.0926. The van der Waals surface area contributed by atoms with Gasteiger partial charge in [-0.2, -0.15) is 0 Å². The SMILES string of the molecule is CCCCCCNC1CCC(OC(=O)C2CCC([N+](=O)[O-])CC2)CC1. The van der Waals surface area contributed by atoms with Crippen molar-refractivity contribution < 1.29 is 14.5 Å². The van der Waals surface area contributed by atoms with Gasteiger partial charge in [0, 0.05) is 23.8 Å². The van der Waals surface area contributed by atoms with Gasteiger partial charge in [0.25, 0.3) is 0 Å². The fraction of sp³-hybridized carbons (Fsp3) is 0.947. The summed E-state index contributed by atoms with van der Waals surface area (Å²) in [5.74, 6) is -0.261. The molecule has 0 unspecified atom stereocenters. The minimum atomic E-state index is -0.470. The van der Waals surface area contributed by atoms with Gasteiger partial charge in [-0.25, -0.2) is 0 Å². The summed E-state index contributed by atoms with van der Waals surface area (Å²) in [4.78, 5) is 22.9. The van der Waals surface area contributed by atoms with Crippen molar-refractivity contribution in [2.24, 2.45) is 5.92 Å². The normalized spacial score (nSPS) is 30.0. The molecule has 2 aliphatic rings. The smallest absolute Gasteiger partial charge is 0.309 e. The van der Waals surface area contributed by atoms with E-state index in [1.807, 2.05) is 0 Å². The molecule has 144 valence electrons. The van der Waals surface area contributed by atoms with Crippen LogP contribution >= 0.6 is 0 Å². The summed E-state index contributed by atoms with van der Waals surface area (Å²) in [7, 11) is 0. The number of hydrogen-bond donors (Lipinski definition) is 1. The highest BCUT2D eigenvalue weighted by molar-refractivity contribution is 5.72. The Kier molecular flexibility index (Phi) is 8.65. The first-order valence-electron chi connectivity index (χ1n) is 10.2. The molecule has 2 fully saturated rings. The largest absolute Gasteiger partial charge is 0.462 e. The zero-order valence-corrected chi connectivity index (χ0v) is 15.6. The van der Waals surface area contributed by atoms with Crippen LogP contribution in [0, 0.1) is 16.0 Å². The third kappa shape index (κ3) is 6.92. The van der Waals surface area contributed by atoms with E-state index < -0.39 is 6.04 Å². The van der Waals surface area contributed by atoms with E-state index in [9.17, 15) is 14.9 Å². The lowest BCUT2D eigenvalue weighted by atomic mass is 9.86. The summed E-state index contributed by atoms with van der Waals surface area (Å²) in [6.07, 6.45) is 11.4. The van der Waals surface area contributed by atoms with Crippen LogP contribution in [-0.4, -0.2) is 35.6 Å². The van der Waals surface area contributed by atoms with Crippen LogP contribution in [-0.2, 0) is 9.53 Å². The van der Waals surface area contributed by atoms with Gasteiger partial charge in [0.1, 0.15) is 6.10 Å². The van der Waals surface area contributed by atoms with Gasteiger partial charge in [-0.1, -0.05) is 26.2 Å². The predicted octanol–water partition coefficient (Wildman–Crippen LogP) is 3.85.